The second-order valence-electron chi connectivity index (χ2n) is 3.75. The lowest BCUT2D eigenvalue weighted by Gasteiger charge is -2.11. The molecule has 1 N–H and O–H groups in total. The Morgan fingerprint density at radius 3 is 2.75 bits per heavy atom. The second-order valence-corrected chi connectivity index (χ2v) is 3.75. The number of amides is 1. The fraction of sp³-hybridized carbons (Fsp3) is 0.333. The zero-order valence-corrected chi connectivity index (χ0v) is 8.77. The summed E-state index contributed by atoms with van der Waals surface area (Å²) < 4.78 is 5.51. The molecule has 4 heteroatoms. The van der Waals surface area contributed by atoms with E-state index >= 15 is 0 Å². The Kier molecular flexibility index (Phi) is 3.06. The first-order chi connectivity index (χ1) is 7.78. The Bertz CT molecular complexity index is 420. The summed E-state index contributed by atoms with van der Waals surface area (Å²) in [6.07, 6.45) is 1.41. The third-order valence-electron chi connectivity index (χ3n) is 2.52. The number of hydrogen-bond donors (Lipinski definition) is 1. The van der Waals surface area contributed by atoms with Gasteiger partial charge in [-0.05, 0) is 30.7 Å². The number of nitrogens with zero attached hydrogens (tertiary/aromatic N) is 1. The van der Waals surface area contributed by atoms with Crippen LogP contribution in [0.5, 0.6) is 5.75 Å². The van der Waals surface area contributed by atoms with Crippen LogP contribution >= 0.6 is 0 Å². The first-order valence-electron chi connectivity index (χ1n) is 5.20. The van der Waals surface area contributed by atoms with Crippen molar-refractivity contribution < 1.29 is 9.53 Å². The van der Waals surface area contributed by atoms with Crippen molar-refractivity contribution in [3.63, 3.8) is 0 Å². The van der Waals surface area contributed by atoms with Crippen molar-refractivity contribution >= 4 is 5.91 Å². The Hall–Kier alpha value is -2.02. The molecule has 0 spiro atoms. The summed E-state index contributed by atoms with van der Waals surface area (Å²) in [6, 6.07) is 9.10. The standard InChI is InChI=1S/C12H12N2O2/c13-7-9-1-4-11(5-2-9)16-8-10-3-6-12(15)14-10/h1-2,4-5,10H,3,6,8H2,(H,14,15). The van der Waals surface area contributed by atoms with E-state index in [9.17, 15) is 4.79 Å². The van der Waals surface area contributed by atoms with Crippen LogP contribution in [0.1, 0.15) is 18.4 Å². The molecule has 1 unspecified atom stereocenters. The lowest BCUT2D eigenvalue weighted by Crippen LogP contribution is -2.30. The van der Waals surface area contributed by atoms with Crippen molar-refractivity contribution in [3.05, 3.63) is 29.8 Å². The molecule has 1 atom stereocenters. The SMILES string of the molecule is N#Cc1ccc(OCC2CCC(=O)N2)cc1. The van der Waals surface area contributed by atoms with Crippen molar-refractivity contribution in [3.8, 4) is 11.8 Å². The highest BCUT2D eigenvalue weighted by Gasteiger charge is 2.20. The maximum absolute atomic E-state index is 10.9. The third-order valence-corrected chi connectivity index (χ3v) is 2.52. The van der Waals surface area contributed by atoms with Gasteiger partial charge in [-0.25, -0.2) is 0 Å². The van der Waals surface area contributed by atoms with Gasteiger partial charge in [-0.3, -0.25) is 4.79 Å². The molecule has 0 saturated carbocycles. The van der Waals surface area contributed by atoms with Crippen LogP contribution in [0.4, 0.5) is 0 Å². The van der Waals surface area contributed by atoms with E-state index in [1.54, 1.807) is 24.3 Å². The maximum atomic E-state index is 10.9. The second kappa shape index (κ2) is 4.67. The van der Waals surface area contributed by atoms with E-state index in [1.165, 1.54) is 0 Å². The topological polar surface area (TPSA) is 62.1 Å². The molecular weight excluding hydrogens is 204 g/mol. The molecule has 0 aromatic heterocycles. The van der Waals surface area contributed by atoms with Gasteiger partial charge in [-0.15, -0.1) is 0 Å². The number of rotatable bonds is 3. The molecule has 1 aromatic carbocycles. The Balaban J connectivity index is 1.85. The number of carbonyl (C=O) groups is 1. The van der Waals surface area contributed by atoms with Crippen LogP contribution in [-0.4, -0.2) is 18.6 Å². The molecule has 0 aliphatic carbocycles. The molecule has 4 nitrogen and oxygen atoms in total. The van der Waals surface area contributed by atoms with E-state index in [4.69, 9.17) is 10.00 Å². The zero-order chi connectivity index (χ0) is 11.4. The van der Waals surface area contributed by atoms with Gasteiger partial charge in [0.2, 0.25) is 5.91 Å². The summed E-state index contributed by atoms with van der Waals surface area (Å²) in [5.74, 6) is 0.813. The lowest BCUT2D eigenvalue weighted by atomic mass is 10.2. The van der Waals surface area contributed by atoms with E-state index < -0.39 is 0 Å². The van der Waals surface area contributed by atoms with Gasteiger partial charge in [0.1, 0.15) is 12.4 Å². The van der Waals surface area contributed by atoms with E-state index in [1.807, 2.05) is 6.07 Å². The molecule has 1 aliphatic heterocycles. The summed E-state index contributed by atoms with van der Waals surface area (Å²) in [5, 5.41) is 11.5. The molecular formula is C12H12N2O2. The smallest absolute Gasteiger partial charge is 0.220 e. The monoisotopic (exact) mass is 216 g/mol. The minimum Gasteiger partial charge on any atom is -0.491 e. The highest BCUT2D eigenvalue weighted by Crippen LogP contribution is 2.13. The van der Waals surface area contributed by atoms with Crippen LogP contribution in [0, 0.1) is 11.3 Å². The first-order valence-corrected chi connectivity index (χ1v) is 5.20. The molecule has 1 heterocycles. The van der Waals surface area contributed by atoms with Crippen LogP contribution in [0.15, 0.2) is 24.3 Å². The highest BCUT2D eigenvalue weighted by atomic mass is 16.5. The van der Waals surface area contributed by atoms with Crippen molar-refractivity contribution in [2.45, 2.75) is 18.9 Å². The Labute approximate surface area is 93.8 Å². The van der Waals surface area contributed by atoms with Gasteiger partial charge in [-0.2, -0.15) is 5.26 Å². The van der Waals surface area contributed by atoms with Crippen molar-refractivity contribution in [2.75, 3.05) is 6.61 Å². The van der Waals surface area contributed by atoms with E-state index in [2.05, 4.69) is 5.32 Å². The van der Waals surface area contributed by atoms with E-state index in [0.717, 1.165) is 12.2 Å². The third kappa shape index (κ3) is 2.51. The van der Waals surface area contributed by atoms with Gasteiger partial charge in [0.15, 0.2) is 0 Å². The fourth-order valence-corrected chi connectivity index (χ4v) is 1.62. The number of benzene rings is 1. The molecule has 1 saturated heterocycles. The minimum absolute atomic E-state index is 0.0911. The number of nitrogens with one attached hydrogen (secondary N) is 1. The van der Waals surface area contributed by atoms with Crippen LogP contribution in [-0.2, 0) is 4.79 Å². The molecule has 82 valence electrons. The fourth-order valence-electron chi connectivity index (χ4n) is 1.62. The highest BCUT2D eigenvalue weighted by molar-refractivity contribution is 5.78. The van der Waals surface area contributed by atoms with Gasteiger partial charge in [0, 0.05) is 6.42 Å². The quantitative estimate of drug-likeness (QED) is 0.826. The van der Waals surface area contributed by atoms with Gasteiger partial charge < -0.3 is 10.1 Å². The van der Waals surface area contributed by atoms with Gasteiger partial charge in [0.25, 0.3) is 0 Å². The number of hydrogen-bond acceptors (Lipinski definition) is 3. The molecule has 16 heavy (non-hydrogen) atoms. The van der Waals surface area contributed by atoms with Crippen LogP contribution in [0.25, 0.3) is 0 Å². The molecule has 1 aromatic rings. The Morgan fingerprint density at radius 1 is 1.44 bits per heavy atom. The summed E-state index contributed by atoms with van der Waals surface area (Å²) in [4.78, 5) is 10.9. The zero-order valence-electron chi connectivity index (χ0n) is 8.77. The lowest BCUT2D eigenvalue weighted by molar-refractivity contribution is -0.119. The summed E-state index contributed by atoms with van der Waals surface area (Å²) in [5.41, 5.74) is 0.613. The normalized spacial score (nSPS) is 18.9. The molecule has 1 fully saturated rings. The minimum atomic E-state index is 0.0911. The van der Waals surface area contributed by atoms with E-state index in [0.29, 0.717) is 18.6 Å². The average Bonchev–Trinajstić information content (AvgIpc) is 2.73. The van der Waals surface area contributed by atoms with Crippen molar-refractivity contribution in [1.29, 1.82) is 5.26 Å². The Morgan fingerprint density at radius 2 is 2.19 bits per heavy atom. The van der Waals surface area contributed by atoms with Gasteiger partial charge in [-0.1, -0.05) is 0 Å². The summed E-state index contributed by atoms with van der Waals surface area (Å²) >= 11 is 0. The maximum Gasteiger partial charge on any atom is 0.220 e. The first kappa shape index (κ1) is 10.5. The largest absolute Gasteiger partial charge is 0.491 e. The van der Waals surface area contributed by atoms with Gasteiger partial charge in [0.05, 0.1) is 17.7 Å². The average molecular weight is 216 g/mol. The van der Waals surface area contributed by atoms with Crippen LogP contribution < -0.4 is 10.1 Å². The number of carbonyl (C=O) groups excluding carboxylic acids is 1. The molecule has 1 amide bonds. The molecule has 2 rings (SSSR count). The molecule has 1 aliphatic rings. The predicted molar refractivity (Wildman–Crippen MR) is 57.8 cm³/mol. The summed E-state index contributed by atoms with van der Waals surface area (Å²) in [6.45, 7) is 0.484. The van der Waals surface area contributed by atoms with Crippen LogP contribution in [0.2, 0.25) is 0 Å². The van der Waals surface area contributed by atoms with Gasteiger partial charge >= 0.3 is 0 Å². The molecule has 0 radical (unpaired) electrons. The number of nitriles is 1. The summed E-state index contributed by atoms with van der Waals surface area (Å²) in [7, 11) is 0. The van der Waals surface area contributed by atoms with Crippen molar-refractivity contribution in [1.82, 2.24) is 5.32 Å². The van der Waals surface area contributed by atoms with Crippen LogP contribution in [0.3, 0.4) is 0 Å². The van der Waals surface area contributed by atoms with Crippen molar-refractivity contribution in [2.24, 2.45) is 0 Å². The predicted octanol–water partition coefficient (Wildman–Crippen LogP) is 1.22. The van der Waals surface area contributed by atoms with E-state index in [-0.39, 0.29) is 11.9 Å². The number of ether oxygens (including phenoxy) is 1. The molecule has 0 bridgehead atoms.